The summed E-state index contributed by atoms with van der Waals surface area (Å²) in [6.07, 6.45) is 0. The third-order valence-electron chi connectivity index (χ3n) is 3.25. The van der Waals surface area contributed by atoms with E-state index in [1.54, 1.807) is 0 Å². The van der Waals surface area contributed by atoms with Crippen LogP contribution in [0.1, 0.15) is 21.8 Å². The van der Waals surface area contributed by atoms with Crippen LogP contribution in [-0.4, -0.2) is 16.1 Å². The predicted molar refractivity (Wildman–Crippen MR) is 82.0 cm³/mol. The van der Waals surface area contributed by atoms with Gasteiger partial charge in [-0.15, -0.1) is 10.2 Å². The van der Waals surface area contributed by atoms with E-state index in [2.05, 4.69) is 15.5 Å². The minimum Gasteiger partial charge on any atom is -0.412 e. The average molecular weight is 311 g/mol. The number of benzene rings is 2. The normalized spacial score (nSPS) is 10.5. The quantitative estimate of drug-likeness (QED) is 0.804. The van der Waals surface area contributed by atoms with E-state index in [4.69, 9.17) is 4.42 Å². The Kier molecular flexibility index (Phi) is 4.14. The summed E-state index contributed by atoms with van der Waals surface area (Å²) in [5.41, 5.74) is 2.65. The number of carbonyl (C=O) groups excluding carboxylic acids is 1. The smallest absolute Gasteiger partial charge is 0.309 e. The lowest BCUT2D eigenvalue weighted by atomic mass is 10.1. The maximum Gasteiger partial charge on any atom is 0.309 e. The molecule has 0 saturated carbocycles. The maximum absolute atomic E-state index is 12.9. The van der Waals surface area contributed by atoms with Crippen LogP contribution in [0.25, 0.3) is 11.5 Å². The van der Waals surface area contributed by atoms with Crippen molar-refractivity contribution in [2.45, 2.75) is 13.5 Å². The van der Waals surface area contributed by atoms with Gasteiger partial charge in [0.1, 0.15) is 5.82 Å². The molecular weight excluding hydrogens is 297 g/mol. The maximum atomic E-state index is 12.9. The lowest BCUT2D eigenvalue weighted by molar-refractivity contribution is 0.0917. The van der Waals surface area contributed by atoms with Crippen LogP contribution in [0.15, 0.2) is 52.9 Å². The summed E-state index contributed by atoms with van der Waals surface area (Å²) in [5, 5.41) is 10.2. The van der Waals surface area contributed by atoms with Crippen LogP contribution in [0.3, 0.4) is 0 Å². The van der Waals surface area contributed by atoms with Crippen LogP contribution < -0.4 is 5.32 Å². The van der Waals surface area contributed by atoms with Gasteiger partial charge in [0.15, 0.2) is 0 Å². The average Bonchev–Trinajstić information content (AvgIpc) is 3.03. The fourth-order valence-corrected chi connectivity index (χ4v) is 2.10. The van der Waals surface area contributed by atoms with Crippen molar-refractivity contribution < 1.29 is 13.6 Å². The summed E-state index contributed by atoms with van der Waals surface area (Å²) >= 11 is 0. The van der Waals surface area contributed by atoms with Crippen LogP contribution in [-0.2, 0) is 6.54 Å². The number of aryl methyl sites for hydroxylation is 1. The van der Waals surface area contributed by atoms with Crippen molar-refractivity contribution >= 4 is 5.91 Å². The number of halogens is 1. The molecule has 1 N–H and O–H groups in total. The van der Waals surface area contributed by atoms with Crippen molar-refractivity contribution in [3.63, 3.8) is 0 Å². The molecule has 0 aliphatic rings. The van der Waals surface area contributed by atoms with Gasteiger partial charge in [-0.1, -0.05) is 29.8 Å². The molecule has 0 spiro atoms. The number of aromatic nitrogens is 2. The van der Waals surface area contributed by atoms with E-state index in [0.717, 1.165) is 11.1 Å². The first kappa shape index (κ1) is 14.9. The number of rotatable bonds is 4. The molecule has 5 nitrogen and oxygen atoms in total. The molecule has 0 aliphatic carbocycles. The first-order valence-electron chi connectivity index (χ1n) is 7.05. The highest BCUT2D eigenvalue weighted by Gasteiger charge is 2.15. The van der Waals surface area contributed by atoms with Gasteiger partial charge in [0.2, 0.25) is 5.89 Å². The van der Waals surface area contributed by atoms with Crippen molar-refractivity contribution in [1.82, 2.24) is 15.5 Å². The van der Waals surface area contributed by atoms with Gasteiger partial charge in [0.05, 0.1) is 0 Å². The molecule has 0 unspecified atom stereocenters. The number of hydrogen-bond acceptors (Lipinski definition) is 4. The van der Waals surface area contributed by atoms with Gasteiger partial charge in [-0.25, -0.2) is 4.39 Å². The highest BCUT2D eigenvalue weighted by molar-refractivity contribution is 5.89. The van der Waals surface area contributed by atoms with E-state index in [1.807, 2.05) is 31.2 Å². The molecule has 0 fully saturated rings. The lowest BCUT2D eigenvalue weighted by Gasteiger charge is -2.03. The van der Waals surface area contributed by atoms with Crippen molar-refractivity contribution in [3.8, 4) is 11.5 Å². The highest BCUT2D eigenvalue weighted by atomic mass is 19.1. The summed E-state index contributed by atoms with van der Waals surface area (Å²) in [5.74, 6) is -0.764. The van der Waals surface area contributed by atoms with Gasteiger partial charge in [-0.05, 0) is 36.8 Å². The van der Waals surface area contributed by atoms with Crippen molar-refractivity contribution in [3.05, 3.63) is 71.4 Å². The molecule has 0 atom stereocenters. The van der Waals surface area contributed by atoms with E-state index >= 15 is 0 Å². The first-order valence-corrected chi connectivity index (χ1v) is 7.05. The van der Waals surface area contributed by atoms with Gasteiger partial charge < -0.3 is 9.73 Å². The number of hydrogen-bond donors (Lipinski definition) is 1. The molecule has 0 saturated heterocycles. The Bertz CT molecular complexity index is 828. The van der Waals surface area contributed by atoms with Crippen molar-refractivity contribution in [2.75, 3.05) is 0 Å². The van der Waals surface area contributed by atoms with Gasteiger partial charge in [-0.3, -0.25) is 4.79 Å². The lowest BCUT2D eigenvalue weighted by Crippen LogP contribution is -2.23. The SMILES string of the molecule is Cc1cccc(CNC(=O)c2nnc(-c3ccc(F)cc3)o2)c1. The van der Waals surface area contributed by atoms with Crippen molar-refractivity contribution in [2.24, 2.45) is 0 Å². The zero-order valence-corrected chi connectivity index (χ0v) is 12.4. The minimum absolute atomic E-state index is 0.128. The fourth-order valence-electron chi connectivity index (χ4n) is 2.10. The second kappa shape index (κ2) is 6.39. The van der Waals surface area contributed by atoms with Crippen LogP contribution in [0.5, 0.6) is 0 Å². The number of carbonyl (C=O) groups is 1. The molecule has 6 heteroatoms. The molecule has 0 bridgehead atoms. The molecular formula is C17H14FN3O2. The fraction of sp³-hybridized carbons (Fsp3) is 0.118. The van der Waals surface area contributed by atoms with Crippen LogP contribution in [0.2, 0.25) is 0 Å². The molecule has 1 aromatic heterocycles. The standard InChI is InChI=1S/C17H14FN3O2/c1-11-3-2-4-12(9-11)10-19-15(22)17-21-20-16(23-17)13-5-7-14(18)8-6-13/h2-9H,10H2,1H3,(H,19,22). The van der Waals surface area contributed by atoms with Gasteiger partial charge in [-0.2, -0.15) is 0 Å². The number of nitrogens with zero attached hydrogens (tertiary/aromatic N) is 2. The Labute approximate surface area is 132 Å². The summed E-state index contributed by atoms with van der Waals surface area (Å²) in [6.45, 7) is 2.35. The molecule has 1 heterocycles. The van der Waals surface area contributed by atoms with Gasteiger partial charge >= 0.3 is 11.8 Å². The van der Waals surface area contributed by atoms with E-state index in [-0.39, 0.29) is 17.6 Å². The summed E-state index contributed by atoms with van der Waals surface area (Å²) < 4.78 is 18.2. The monoisotopic (exact) mass is 311 g/mol. The Hall–Kier alpha value is -3.02. The molecule has 0 radical (unpaired) electrons. The molecule has 1 amide bonds. The summed E-state index contributed by atoms with van der Waals surface area (Å²) in [7, 11) is 0. The second-order valence-corrected chi connectivity index (χ2v) is 5.09. The molecule has 23 heavy (non-hydrogen) atoms. The Morgan fingerprint density at radius 3 is 2.70 bits per heavy atom. The first-order chi connectivity index (χ1) is 11.1. The van der Waals surface area contributed by atoms with Crippen molar-refractivity contribution in [1.29, 1.82) is 0 Å². The Morgan fingerprint density at radius 1 is 1.17 bits per heavy atom. The van der Waals surface area contributed by atoms with Gasteiger partial charge in [0, 0.05) is 12.1 Å². The minimum atomic E-state index is -0.452. The van der Waals surface area contributed by atoms with E-state index in [0.29, 0.717) is 12.1 Å². The zero-order chi connectivity index (χ0) is 16.2. The predicted octanol–water partition coefficient (Wildman–Crippen LogP) is 3.11. The molecule has 2 aromatic carbocycles. The molecule has 3 aromatic rings. The number of amides is 1. The largest absolute Gasteiger partial charge is 0.412 e. The third kappa shape index (κ3) is 3.60. The summed E-state index contributed by atoms with van der Waals surface area (Å²) in [6, 6.07) is 13.4. The molecule has 0 aliphatic heterocycles. The topological polar surface area (TPSA) is 68.0 Å². The molecule has 116 valence electrons. The van der Waals surface area contributed by atoms with Crippen LogP contribution in [0, 0.1) is 12.7 Å². The Balaban J connectivity index is 1.67. The van der Waals surface area contributed by atoms with Gasteiger partial charge in [0.25, 0.3) is 0 Å². The summed E-state index contributed by atoms with van der Waals surface area (Å²) in [4.78, 5) is 12.0. The van der Waals surface area contributed by atoms with Crippen LogP contribution in [0.4, 0.5) is 4.39 Å². The second-order valence-electron chi connectivity index (χ2n) is 5.09. The number of nitrogens with one attached hydrogen (secondary N) is 1. The van der Waals surface area contributed by atoms with E-state index in [1.165, 1.54) is 24.3 Å². The third-order valence-corrected chi connectivity index (χ3v) is 3.25. The molecule has 3 rings (SSSR count). The van der Waals surface area contributed by atoms with E-state index < -0.39 is 5.91 Å². The Morgan fingerprint density at radius 2 is 1.96 bits per heavy atom. The van der Waals surface area contributed by atoms with Crippen LogP contribution >= 0.6 is 0 Å². The highest BCUT2D eigenvalue weighted by Crippen LogP contribution is 2.18. The zero-order valence-electron chi connectivity index (χ0n) is 12.4. The van der Waals surface area contributed by atoms with E-state index in [9.17, 15) is 9.18 Å².